The fraction of sp³-hybridized carbons (Fsp3) is 0.500. The smallest absolute Gasteiger partial charge is 0.303 e. The van der Waals surface area contributed by atoms with Gasteiger partial charge in [-0.2, -0.15) is 0 Å². The summed E-state index contributed by atoms with van der Waals surface area (Å²) in [7, 11) is 1.62. The van der Waals surface area contributed by atoms with Crippen LogP contribution in [0.5, 0.6) is 11.5 Å². The molecule has 1 aromatic carbocycles. The molecular weight excluding hydrogens is 470 g/mol. The Morgan fingerprint density at radius 2 is 1.85 bits per heavy atom. The first-order valence-corrected chi connectivity index (χ1v) is 13.2. The van der Waals surface area contributed by atoms with Gasteiger partial charge in [0.2, 0.25) is 0 Å². The first kappa shape index (κ1) is 26.3. The van der Waals surface area contributed by atoms with E-state index in [1.807, 2.05) is 37.3 Å². The highest BCUT2D eigenvalue weighted by Gasteiger charge is 2.32. The van der Waals surface area contributed by atoms with E-state index >= 15 is 0 Å². The average Bonchev–Trinajstić information content (AvgIpc) is 3.07. The number of benzene rings is 1. The Labute approximate surface area is 211 Å². The molecule has 3 rings (SSSR count). The third-order valence-electron chi connectivity index (χ3n) is 6.01. The molecule has 1 atom stereocenters. The summed E-state index contributed by atoms with van der Waals surface area (Å²) in [4.78, 5) is 25.8. The van der Waals surface area contributed by atoms with Gasteiger partial charge in [-0.05, 0) is 43.6 Å². The number of nitrogens with zero attached hydrogens (tertiary/aromatic N) is 1. The van der Waals surface area contributed by atoms with E-state index < -0.39 is 5.97 Å². The number of para-hydroxylation sites is 1. The van der Waals surface area contributed by atoms with Crippen LogP contribution in [0, 0.1) is 0 Å². The van der Waals surface area contributed by atoms with Crippen molar-refractivity contribution in [3.63, 3.8) is 0 Å². The maximum Gasteiger partial charge on any atom is 0.303 e. The van der Waals surface area contributed by atoms with Crippen LogP contribution in [0.25, 0.3) is 6.08 Å². The molecule has 6 nitrogen and oxygen atoms in total. The Hall–Kier alpha value is -2.32. The molecule has 2 heterocycles. The van der Waals surface area contributed by atoms with Gasteiger partial charge in [-0.1, -0.05) is 74.6 Å². The molecule has 1 aromatic rings. The molecular formula is C26H33NO5S2. The van der Waals surface area contributed by atoms with E-state index in [9.17, 15) is 9.59 Å². The lowest BCUT2D eigenvalue weighted by atomic mass is 10.0. The van der Waals surface area contributed by atoms with E-state index in [1.165, 1.54) is 11.8 Å². The third kappa shape index (κ3) is 7.09. The van der Waals surface area contributed by atoms with Crippen molar-refractivity contribution in [2.75, 3.05) is 13.7 Å². The first-order chi connectivity index (χ1) is 16.4. The standard InChI is InChI=1S/C26H33NO5S2/c1-18-20(16-19-12-11-13-21(31-2)24(19)32-18)17-22-25(30)27(26(33)34-22)15-10-8-6-4-3-5-7-9-14-23(28)29/h11-13,16-18H,3-10,14-15H2,1-2H3,(H,28,29). The van der Waals surface area contributed by atoms with E-state index in [1.54, 1.807) is 12.0 Å². The fourth-order valence-electron chi connectivity index (χ4n) is 4.09. The fourth-order valence-corrected chi connectivity index (χ4v) is 5.39. The predicted molar refractivity (Wildman–Crippen MR) is 140 cm³/mol. The van der Waals surface area contributed by atoms with Gasteiger partial charge in [-0.15, -0.1) is 0 Å². The summed E-state index contributed by atoms with van der Waals surface area (Å²) in [5, 5.41) is 8.65. The molecule has 1 saturated heterocycles. The summed E-state index contributed by atoms with van der Waals surface area (Å²) in [5.41, 5.74) is 1.87. The molecule has 1 amide bonds. The molecule has 0 bridgehead atoms. The number of thioether (sulfide) groups is 1. The zero-order valence-electron chi connectivity index (χ0n) is 19.9. The van der Waals surface area contributed by atoms with Gasteiger partial charge in [0.05, 0.1) is 12.0 Å². The van der Waals surface area contributed by atoms with Crippen molar-refractivity contribution in [2.24, 2.45) is 0 Å². The number of rotatable bonds is 13. The van der Waals surface area contributed by atoms with Gasteiger partial charge < -0.3 is 14.6 Å². The highest BCUT2D eigenvalue weighted by atomic mass is 32.2. The number of carboxylic acids is 1. The topological polar surface area (TPSA) is 76.1 Å². The molecule has 1 fully saturated rings. The predicted octanol–water partition coefficient (Wildman–Crippen LogP) is 6.20. The second-order valence-electron chi connectivity index (χ2n) is 8.59. The minimum atomic E-state index is -0.713. The van der Waals surface area contributed by atoms with E-state index in [-0.39, 0.29) is 18.4 Å². The molecule has 1 N–H and O–H groups in total. The molecule has 184 valence electrons. The molecule has 8 heteroatoms. The normalized spacial score (nSPS) is 18.6. The number of hydrogen-bond acceptors (Lipinski definition) is 6. The van der Waals surface area contributed by atoms with Crippen LogP contribution in [-0.4, -0.2) is 46.0 Å². The number of hydrogen-bond donors (Lipinski definition) is 1. The molecule has 0 radical (unpaired) electrons. The van der Waals surface area contributed by atoms with Gasteiger partial charge in [0, 0.05) is 18.5 Å². The number of carboxylic acid groups (broad SMARTS) is 1. The SMILES string of the molecule is COc1cccc2c1OC(C)C(C=C1SC(=S)N(CCCCCCCCCCC(=O)O)C1=O)=C2. The van der Waals surface area contributed by atoms with Crippen LogP contribution in [0.4, 0.5) is 0 Å². The van der Waals surface area contributed by atoms with Gasteiger partial charge >= 0.3 is 5.97 Å². The number of aliphatic carboxylic acids is 1. The van der Waals surface area contributed by atoms with Crippen molar-refractivity contribution >= 4 is 46.3 Å². The summed E-state index contributed by atoms with van der Waals surface area (Å²) >= 11 is 6.84. The Morgan fingerprint density at radius 3 is 2.53 bits per heavy atom. The van der Waals surface area contributed by atoms with Gasteiger partial charge in [0.25, 0.3) is 5.91 Å². The molecule has 0 spiro atoms. The van der Waals surface area contributed by atoms with Crippen LogP contribution in [0.15, 0.2) is 34.8 Å². The summed E-state index contributed by atoms with van der Waals surface area (Å²) in [5.74, 6) is 0.680. The van der Waals surface area contributed by atoms with Crippen LogP contribution in [0.2, 0.25) is 0 Å². The van der Waals surface area contributed by atoms with Crippen molar-refractivity contribution in [3.05, 3.63) is 40.3 Å². The summed E-state index contributed by atoms with van der Waals surface area (Å²) < 4.78 is 12.1. The Bertz CT molecular complexity index is 972. The van der Waals surface area contributed by atoms with E-state index in [0.29, 0.717) is 21.5 Å². The van der Waals surface area contributed by atoms with Crippen molar-refractivity contribution in [1.82, 2.24) is 4.90 Å². The van der Waals surface area contributed by atoms with E-state index in [2.05, 4.69) is 0 Å². The zero-order valence-corrected chi connectivity index (χ0v) is 21.5. The second kappa shape index (κ2) is 13.0. The highest BCUT2D eigenvalue weighted by Crippen LogP contribution is 2.39. The van der Waals surface area contributed by atoms with Crippen molar-refractivity contribution in [3.8, 4) is 11.5 Å². The summed E-state index contributed by atoms with van der Waals surface area (Å²) in [6, 6.07) is 5.76. The molecule has 0 aliphatic carbocycles. The minimum absolute atomic E-state index is 0.0297. The van der Waals surface area contributed by atoms with Crippen LogP contribution >= 0.6 is 24.0 Å². The lowest BCUT2D eigenvalue weighted by Crippen LogP contribution is -2.29. The number of carbonyl (C=O) groups excluding carboxylic acids is 1. The lowest BCUT2D eigenvalue weighted by molar-refractivity contribution is -0.137. The monoisotopic (exact) mass is 503 g/mol. The second-order valence-corrected chi connectivity index (χ2v) is 10.3. The molecule has 0 aromatic heterocycles. The van der Waals surface area contributed by atoms with Crippen LogP contribution in [-0.2, 0) is 9.59 Å². The summed E-state index contributed by atoms with van der Waals surface area (Å²) in [6.45, 7) is 2.61. The van der Waals surface area contributed by atoms with Gasteiger partial charge in [-0.3, -0.25) is 14.5 Å². The Balaban J connectivity index is 1.46. The number of methoxy groups -OCH3 is 1. The highest BCUT2D eigenvalue weighted by molar-refractivity contribution is 8.26. The molecule has 2 aliphatic rings. The number of ether oxygens (including phenoxy) is 2. The van der Waals surface area contributed by atoms with E-state index in [0.717, 1.165) is 68.3 Å². The Morgan fingerprint density at radius 1 is 1.18 bits per heavy atom. The lowest BCUT2D eigenvalue weighted by Gasteiger charge is -2.24. The molecule has 1 unspecified atom stereocenters. The number of amides is 1. The van der Waals surface area contributed by atoms with Crippen LogP contribution < -0.4 is 9.47 Å². The Kier molecular flexibility index (Phi) is 10.0. The van der Waals surface area contributed by atoms with Crippen LogP contribution in [0.1, 0.15) is 70.3 Å². The minimum Gasteiger partial charge on any atom is -0.493 e. The zero-order chi connectivity index (χ0) is 24.5. The maximum atomic E-state index is 13.0. The first-order valence-electron chi connectivity index (χ1n) is 11.9. The number of thiocarbonyl (C=S) groups is 1. The average molecular weight is 504 g/mol. The largest absolute Gasteiger partial charge is 0.493 e. The van der Waals surface area contributed by atoms with E-state index in [4.69, 9.17) is 26.8 Å². The van der Waals surface area contributed by atoms with Gasteiger partial charge in [0.15, 0.2) is 11.5 Å². The number of fused-ring (bicyclic) bond motifs is 1. The molecule has 0 saturated carbocycles. The molecule has 2 aliphatic heterocycles. The quantitative estimate of drug-likeness (QED) is 0.195. The molecule has 34 heavy (non-hydrogen) atoms. The van der Waals surface area contributed by atoms with Crippen molar-refractivity contribution < 1.29 is 24.2 Å². The van der Waals surface area contributed by atoms with Gasteiger partial charge in [-0.25, -0.2) is 0 Å². The third-order valence-corrected chi connectivity index (χ3v) is 7.39. The number of carbonyl (C=O) groups is 2. The number of unbranched alkanes of at least 4 members (excludes halogenated alkanes) is 7. The van der Waals surface area contributed by atoms with Crippen LogP contribution in [0.3, 0.4) is 0 Å². The van der Waals surface area contributed by atoms with Crippen molar-refractivity contribution in [2.45, 2.75) is 70.8 Å². The van der Waals surface area contributed by atoms with Crippen molar-refractivity contribution in [1.29, 1.82) is 0 Å². The van der Waals surface area contributed by atoms with Gasteiger partial charge in [0.1, 0.15) is 10.4 Å². The summed E-state index contributed by atoms with van der Waals surface area (Å²) in [6.07, 6.45) is 12.2. The maximum absolute atomic E-state index is 13.0.